The highest BCUT2D eigenvalue weighted by Gasteiger charge is 2.28. The Bertz CT molecular complexity index is 927. The molecule has 1 aliphatic heterocycles. The zero-order valence-corrected chi connectivity index (χ0v) is 13.7. The van der Waals surface area contributed by atoms with Crippen LogP contribution in [0.5, 0.6) is 0 Å². The highest BCUT2D eigenvalue weighted by Crippen LogP contribution is 2.25. The predicted octanol–water partition coefficient (Wildman–Crippen LogP) is 0.967. The summed E-state index contributed by atoms with van der Waals surface area (Å²) in [4.78, 5) is 30.7. The smallest absolute Gasteiger partial charge is 0.356 e. The van der Waals surface area contributed by atoms with E-state index < -0.39 is 27.6 Å². The Balaban J connectivity index is 1.78. The van der Waals surface area contributed by atoms with Crippen molar-refractivity contribution in [2.45, 2.75) is 6.42 Å². The Morgan fingerprint density at radius 2 is 1.72 bits per heavy atom. The van der Waals surface area contributed by atoms with Gasteiger partial charge in [-0.1, -0.05) is 0 Å². The lowest BCUT2D eigenvalue weighted by molar-refractivity contribution is 0.0685. The molecule has 10 heteroatoms. The van der Waals surface area contributed by atoms with Gasteiger partial charge in [-0.05, 0) is 30.7 Å². The lowest BCUT2D eigenvalue weighted by Crippen LogP contribution is -2.25. The number of carbonyl (C=O) groups excluding carboxylic acids is 1. The largest absolute Gasteiger partial charge is 0.476 e. The molecule has 0 bridgehead atoms. The van der Waals surface area contributed by atoms with E-state index in [1.165, 1.54) is 28.8 Å². The molecule has 0 aliphatic carbocycles. The molecule has 130 valence electrons. The van der Waals surface area contributed by atoms with Gasteiger partial charge in [-0.15, -0.1) is 0 Å². The summed E-state index contributed by atoms with van der Waals surface area (Å²) in [5.74, 6) is -1.95. The van der Waals surface area contributed by atoms with Gasteiger partial charge in [-0.25, -0.2) is 23.2 Å². The Morgan fingerprint density at radius 3 is 2.28 bits per heavy atom. The fourth-order valence-electron chi connectivity index (χ4n) is 2.49. The third-order valence-electron chi connectivity index (χ3n) is 3.63. The number of nitrogens with zero attached hydrogens (tertiary/aromatic N) is 3. The molecule has 0 unspecified atom stereocenters. The number of aromatic carboxylic acids is 1. The van der Waals surface area contributed by atoms with Crippen molar-refractivity contribution >= 4 is 33.3 Å². The van der Waals surface area contributed by atoms with E-state index in [1.54, 1.807) is 12.1 Å². The van der Waals surface area contributed by atoms with Crippen molar-refractivity contribution in [1.29, 1.82) is 0 Å². The molecule has 0 radical (unpaired) electrons. The van der Waals surface area contributed by atoms with Crippen LogP contribution in [0.4, 0.5) is 11.4 Å². The molecule has 0 spiro atoms. The number of benzene rings is 1. The Kier molecular flexibility index (Phi) is 4.36. The minimum atomic E-state index is -3.27. The summed E-state index contributed by atoms with van der Waals surface area (Å²) in [6.45, 7) is 0.426. The summed E-state index contributed by atoms with van der Waals surface area (Å²) in [6, 6.07) is 6.23. The maximum absolute atomic E-state index is 12.2. The van der Waals surface area contributed by atoms with Crippen molar-refractivity contribution in [2.75, 3.05) is 21.9 Å². The molecule has 1 fully saturated rings. The van der Waals surface area contributed by atoms with Crippen LogP contribution < -0.4 is 9.62 Å². The normalized spacial score (nSPS) is 15.8. The third kappa shape index (κ3) is 3.43. The van der Waals surface area contributed by atoms with Gasteiger partial charge in [0, 0.05) is 24.6 Å². The molecule has 1 aromatic carbocycles. The number of hydrogen-bond acceptors (Lipinski definition) is 6. The van der Waals surface area contributed by atoms with Crippen LogP contribution in [0.15, 0.2) is 36.7 Å². The van der Waals surface area contributed by atoms with E-state index in [0.29, 0.717) is 24.3 Å². The maximum Gasteiger partial charge on any atom is 0.356 e. The fourth-order valence-corrected chi connectivity index (χ4v) is 4.06. The molecule has 1 aliphatic rings. The Labute approximate surface area is 143 Å². The number of amides is 1. The van der Waals surface area contributed by atoms with Crippen LogP contribution in [0.3, 0.4) is 0 Å². The summed E-state index contributed by atoms with van der Waals surface area (Å²) in [7, 11) is -3.27. The van der Waals surface area contributed by atoms with Crippen molar-refractivity contribution in [3.63, 3.8) is 0 Å². The second-order valence-corrected chi connectivity index (χ2v) is 7.31. The average Bonchev–Trinajstić information content (AvgIpc) is 2.94. The van der Waals surface area contributed by atoms with Gasteiger partial charge < -0.3 is 10.4 Å². The summed E-state index contributed by atoms with van der Waals surface area (Å²) in [5, 5.41) is 11.6. The van der Waals surface area contributed by atoms with Crippen LogP contribution in [0.25, 0.3) is 0 Å². The monoisotopic (exact) mass is 362 g/mol. The van der Waals surface area contributed by atoms with Gasteiger partial charge in [-0.3, -0.25) is 9.10 Å². The first-order chi connectivity index (χ1) is 11.9. The summed E-state index contributed by atoms with van der Waals surface area (Å²) in [5.41, 5.74) is 0.148. The molecule has 3 rings (SSSR count). The topological polar surface area (TPSA) is 130 Å². The van der Waals surface area contributed by atoms with Gasteiger partial charge in [0.25, 0.3) is 5.91 Å². The lowest BCUT2D eigenvalue weighted by atomic mass is 10.2. The number of aromatic nitrogens is 2. The molecular weight excluding hydrogens is 348 g/mol. The summed E-state index contributed by atoms with van der Waals surface area (Å²) in [6.07, 6.45) is 2.99. The first-order valence-corrected chi connectivity index (χ1v) is 8.95. The summed E-state index contributed by atoms with van der Waals surface area (Å²) >= 11 is 0. The molecule has 2 N–H and O–H groups in total. The SMILES string of the molecule is O=C(O)c1nccnc1C(=O)Nc1ccc(N2CCCS2(=O)=O)cc1. The zero-order chi connectivity index (χ0) is 18.0. The molecular formula is C15H14N4O5S. The number of sulfonamides is 1. The lowest BCUT2D eigenvalue weighted by Gasteiger charge is -2.17. The van der Waals surface area contributed by atoms with E-state index >= 15 is 0 Å². The molecule has 2 heterocycles. The van der Waals surface area contributed by atoms with Crippen LogP contribution >= 0.6 is 0 Å². The Morgan fingerprint density at radius 1 is 1.08 bits per heavy atom. The van der Waals surface area contributed by atoms with E-state index in [9.17, 15) is 18.0 Å². The molecule has 2 aromatic rings. The summed E-state index contributed by atoms with van der Waals surface area (Å²) < 4.78 is 25.1. The highest BCUT2D eigenvalue weighted by molar-refractivity contribution is 7.93. The van der Waals surface area contributed by atoms with Crippen LogP contribution in [0.1, 0.15) is 27.4 Å². The van der Waals surface area contributed by atoms with Gasteiger partial charge in [0.05, 0.1) is 11.4 Å². The molecule has 25 heavy (non-hydrogen) atoms. The van der Waals surface area contributed by atoms with Gasteiger partial charge >= 0.3 is 5.97 Å². The molecule has 0 saturated carbocycles. The number of carboxylic acid groups (broad SMARTS) is 1. The van der Waals surface area contributed by atoms with E-state index in [-0.39, 0.29) is 11.4 Å². The van der Waals surface area contributed by atoms with E-state index in [0.717, 1.165) is 0 Å². The molecule has 1 amide bonds. The van der Waals surface area contributed by atoms with E-state index in [4.69, 9.17) is 5.11 Å². The quantitative estimate of drug-likeness (QED) is 0.829. The minimum Gasteiger partial charge on any atom is -0.476 e. The van der Waals surface area contributed by atoms with Crippen molar-refractivity contribution in [3.8, 4) is 0 Å². The third-order valence-corrected chi connectivity index (χ3v) is 5.50. The minimum absolute atomic E-state index is 0.121. The Hall–Kier alpha value is -3.01. The number of nitrogens with one attached hydrogen (secondary N) is 1. The number of hydrogen-bond donors (Lipinski definition) is 2. The maximum atomic E-state index is 12.2. The van der Waals surface area contributed by atoms with Gasteiger partial charge in [0.1, 0.15) is 0 Å². The molecule has 1 aromatic heterocycles. The molecule has 9 nitrogen and oxygen atoms in total. The van der Waals surface area contributed by atoms with Crippen LogP contribution in [-0.4, -0.2) is 47.7 Å². The second-order valence-electron chi connectivity index (χ2n) is 5.30. The second kappa shape index (κ2) is 6.48. The first-order valence-electron chi connectivity index (χ1n) is 7.34. The van der Waals surface area contributed by atoms with E-state index in [1.807, 2.05) is 0 Å². The number of rotatable bonds is 4. The van der Waals surface area contributed by atoms with Crippen molar-refractivity contribution in [3.05, 3.63) is 48.0 Å². The fraction of sp³-hybridized carbons (Fsp3) is 0.200. The van der Waals surface area contributed by atoms with Gasteiger partial charge in [0.15, 0.2) is 11.4 Å². The molecule has 1 saturated heterocycles. The first kappa shape index (κ1) is 16.8. The number of carboxylic acids is 1. The average molecular weight is 362 g/mol. The van der Waals surface area contributed by atoms with Crippen molar-refractivity contribution in [1.82, 2.24) is 9.97 Å². The number of carbonyl (C=O) groups is 2. The van der Waals surface area contributed by atoms with E-state index in [2.05, 4.69) is 15.3 Å². The van der Waals surface area contributed by atoms with Crippen LogP contribution in [0.2, 0.25) is 0 Å². The number of anilines is 2. The van der Waals surface area contributed by atoms with Crippen molar-refractivity contribution < 1.29 is 23.1 Å². The van der Waals surface area contributed by atoms with Crippen molar-refractivity contribution in [2.24, 2.45) is 0 Å². The molecule has 0 atom stereocenters. The zero-order valence-electron chi connectivity index (χ0n) is 12.9. The van der Waals surface area contributed by atoms with Gasteiger partial charge in [0.2, 0.25) is 10.0 Å². The van der Waals surface area contributed by atoms with Crippen LogP contribution in [0, 0.1) is 0 Å². The van der Waals surface area contributed by atoms with Gasteiger partial charge in [-0.2, -0.15) is 0 Å². The van der Waals surface area contributed by atoms with Crippen LogP contribution in [-0.2, 0) is 10.0 Å². The predicted molar refractivity (Wildman–Crippen MR) is 89.1 cm³/mol. The standard InChI is InChI=1S/C15H14N4O5S/c20-14(12-13(15(21)22)17-7-6-16-12)18-10-2-4-11(5-3-10)19-8-1-9-25(19,23)24/h2-7H,1,8-9H2,(H,18,20)(H,21,22). The highest BCUT2D eigenvalue weighted by atomic mass is 32.2.